The Balaban J connectivity index is 1.97. The summed E-state index contributed by atoms with van der Waals surface area (Å²) < 4.78 is 0. The maximum atomic E-state index is 12.0. The van der Waals surface area contributed by atoms with Crippen LogP contribution in [0.1, 0.15) is 28.0 Å². The standard InChI is InChI=1S/C18H24ClN5O/c1-12-8-13(2)17(14(19)9-12)23-16-11-21-15(10-22-16)18(25)20-6-5-7-24(3)4/h8-11H,5-7H2,1-4H3,(H,20,25)(H,22,23). The van der Waals surface area contributed by atoms with Gasteiger partial charge in [0.1, 0.15) is 11.5 Å². The molecule has 6 nitrogen and oxygen atoms in total. The molecule has 134 valence electrons. The fourth-order valence-electron chi connectivity index (χ4n) is 2.40. The molecule has 0 fully saturated rings. The van der Waals surface area contributed by atoms with Gasteiger partial charge in [-0.3, -0.25) is 4.79 Å². The summed E-state index contributed by atoms with van der Waals surface area (Å²) in [5, 5.41) is 6.62. The van der Waals surface area contributed by atoms with Gasteiger partial charge in [-0.05, 0) is 58.1 Å². The molecule has 1 heterocycles. The highest BCUT2D eigenvalue weighted by Crippen LogP contribution is 2.29. The quantitative estimate of drug-likeness (QED) is 0.741. The minimum atomic E-state index is -0.220. The number of amides is 1. The first-order valence-corrected chi connectivity index (χ1v) is 8.53. The summed E-state index contributed by atoms with van der Waals surface area (Å²) in [6.45, 7) is 5.50. The smallest absolute Gasteiger partial charge is 0.271 e. The van der Waals surface area contributed by atoms with E-state index in [4.69, 9.17) is 11.6 Å². The Morgan fingerprint density at radius 3 is 2.56 bits per heavy atom. The van der Waals surface area contributed by atoms with Gasteiger partial charge in [-0.15, -0.1) is 0 Å². The number of halogens is 1. The molecule has 0 saturated heterocycles. The summed E-state index contributed by atoms with van der Waals surface area (Å²) in [6.07, 6.45) is 3.88. The molecule has 2 rings (SSSR count). The van der Waals surface area contributed by atoms with Crippen molar-refractivity contribution in [2.45, 2.75) is 20.3 Å². The van der Waals surface area contributed by atoms with Crippen LogP contribution >= 0.6 is 11.6 Å². The molecule has 1 aromatic heterocycles. The number of nitrogens with zero attached hydrogens (tertiary/aromatic N) is 3. The lowest BCUT2D eigenvalue weighted by Gasteiger charge is -2.12. The van der Waals surface area contributed by atoms with Crippen LogP contribution in [0.2, 0.25) is 5.02 Å². The highest BCUT2D eigenvalue weighted by molar-refractivity contribution is 6.33. The van der Waals surface area contributed by atoms with E-state index in [1.807, 2.05) is 40.1 Å². The Kier molecular flexibility index (Phi) is 6.73. The molecule has 0 spiro atoms. The zero-order chi connectivity index (χ0) is 18.4. The van der Waals surface area contributed by atoms with Gasteiger partial charge >= 0.3 is 0 Å². The van der Waals surface area contributed by atoms with Gasteiger partial charge in [0.15, 0.2) is 0 Å². The molecule has 1 amide bonds. The average molecular weight is 362 g/mol. The number of carbonyl (C=O) groups excluding carboxylic acids is 1. The molecule has 0 aliphatic carbocycles. The predicted molar refractivity (Wildman–Crippen MR) is 102 cm³/mol. The minimum Gasteiger partial charge on any atom is -0.351 e. The van der Waals surface area contributed by atoms with Crippen molar-refractivity contribution in [2.24, 2.45) is 0 Å². The van der Waals surface area contributed by atoms with Gasteiger partial charge in [0.2, 0.25) is 0 Å². The van der Waals surface area contributed by atoms with Crippen molar-refractivity contribution in [1.82, 2.24) is 20.2 Å². The lowest BCUT2D eigenvalue weighted by atomic mass is 10.1. The van der Waals surface area contributed by atoms with Gasteiger partial charge in [-0.25, -0.2) is 9.97 Å². The van der Waals surface area contributed by atoms with Crippen molar-refractivity contribution in [2.75, 3.05) is 32.5 Å². The van der Waals surface area contributed by atoms with E-state index in [1.54, 1.807) is 0 Å². The van der Waals surface area contributed by atoms with E-state index in [0.29, 0.717) is 23.1 Å². The lowest BCUT2D eigenvalue weighted by Crippen LogP contribution is -2.27. The van der Waals surface area contributed by atoms with Crippen LogP contribution in [0.5, 0.6) is 0 Å². The summed E-state index contributed by atoms with van der Waals surface area (Å²) in [5.41, 5.74) is 3.21. The Morgan fingerprint density at radius 1 is 1.20 bits per heavy atom. The molecule has 0 aliphatic rings. The molecule has 0 saturated carbocycles. The van der Waals surface area contributed by atoms with Gasteiger partial charge in [-0.1, -0.05) is 17.7 Å². The third-order valence-corrected chi connectivity index (χ3v) is 3.94. The molecule has 0 aliphatic heterocycles. The largest absolute Gasteiger partial charge is 0.351 e. The second-order valence-electron chi connectivity index (χ2n) is 6.26. The minimum absolute atomic E-state index is 0.220. The highest BCUT2D eigenvalue weighted by Gasteiger charge is 2.10. The van der Waals surface area contributed by atoms with E-state index in [0.717, 1.165) is 29.8 Å². The number of hydrogen-bond donors (Lipinski definition) is 2. The fraction of sp³-hybridized carbons (Fsp3) is 0.389. The van der Waals surface area contributed by atoms with Crippen LogP contribution < -0.4 is 10.6 Å². The van der Waals surface area contributed by atoms with Crippen LogP contribution in [0, 0.1) is 13.8 Å². The first-order chi connectivity index (χ1) is 11.9. The highest BCUT2D eigenvalue weighted by atomic mass is 35.5. The Bertz CT molecular complexity index is 708. The van der Waals surface area contributed by atoms with Gasteiger partial charge in [0.25, 0.3) is 5.91 Å². The molecular formula is C18H24ClN5O. The summed E-state index contributed by atoms with van der Waals surface area (Å²) in [5.74, 6) is 0.320. The third kappa shape index (κ3) is 5.69. The van der Waals surface area contributed by atoms with Crippen LogP contribution in [0.25, 0.3) is 0 Å². The first-order valence-electron chi connectivity index (χ1n) is 8.15. The van der Waals surface area contributed by atoms with Crippen LogP contribution in [0.3, 0.4) is 0 Å². The topological polar surface area (TPSA) is 70.2 Å². The van der Waals surface area contributed by atoms with Gasteiger partial charge < -0.3 is 15.5 Å². The first kappa shape index (κ1) is 19.1. The van der Waals surface area contributed by atoms with E-state index < -0.39 is 0 Å². The number of carbonyl (C=O) groups is 1. The van der Waals surface area contributed by atoms with Crippen LogP contribution in [-0.4, -0.2) is 48.0 Å². The van der Waals surface area contributed by atoms with Crippen LogP contribution in [0.4, 0.5) is 11.5 Å². The van der Waals surface area contributed by atoms with Gasteiger partial charge in [0, 0.05) is 6.54 Å². The molecule has 2 N–H and O–H groups in total. The predicted octanol–water partition coefficient (Wildman–Crippen LogP) is 3.17. The van der Waals surface area contributed by atoms with E-state index in [2.05, 4.69) is 25.5 Å². The number of aryl methyl sites for hydroxylation is 2. The molecule has 0 radical (unpaired) electrons. The Hall–Kier alpha value is -2.18. The van der Waals surface area contributed by atoms with Gasteiger partial charge in [-0.2, -0.15) is 0 Å². The normalized spacial score (nSPS) is 10.8. The Morgan fingerprint density at radius 2 is 1.96 bits per heavy atom. The van der Waals surface area contributed by atoms with Crippen molar-refractivity contribution in [3.8, 4) is 0 Å². The zero-order valence-corrected chi connectivity index (χ0v) is 15.8. The molecule has 0 bridgehead atoms. The molecule has 0 atom stereocenters. The summed E-state index contributed by atoms with van der Waals surface area (Å²) in [4.78, 5) is 22.5. The maximum Gasteiger partial charge on any atom is 0.271 e. The van der Waals surface area contributed by atoms with Crippen LogP contribution in [-0.2, 0) is 0 Å². The van der Waals surface area contributed by atoms with Gasteiger partial charge in [0.05, 0.1) is 23.1 Å². The summed E-state index contributed by atoms with van der Waals surface area (Å²) >= 11 is 6.28. The van der Waals surface area contributed by atoms with Crippen molar-refractivity contribution in [1.29, 1.82) is 0 Å². The zero-order valence-electron chi connectivity index (χ0n) is 15.1. The molecule has 2 aromatic rings. The van der Waals surface area contributed by atoms with Crippen molar-refractivity contribution in [3.05, 3.63) is 46.4 Å². The number of rotatable bonds is 7. The molecule has 1 aromatic carbocycles. The van der Waals surface area contributed by atoms with Crippen molar-refractivity contribution >= 4 is 29.0 Å². The number of hydrogen-bond acceptors (Lipinski definition) is 5. The number of anilines is 2. The number of aromatic nitrogens is 2. The van der Waals surface area contributed by atoms with Crippen LogP contribution in [0.15, 0.2) is 24.5 Å². The third-order valence-electron chi connectivity index (χ3n) is 3.64. The summed E-state index contributed by atoms with van der Waals surface area (Å²) in [6, 6.07) is 3.93. The Labute approximate surface area is 153 Å². The molecule has 25 heavy (non-hydrogen) atoms. The van der Waals surface area contributed by atoms with E-state index in [-0.39, 0.29) is 5.91 Å². The second-order valence-corrected chi connectivity index (χ2v) is 6.67. The van der Waals surface area contributed by atoms with E-state index in [1.165, 1.54) is 12.4 Å². The SMILES string of the molecule is Cc1cc(C)c(Nc2cnc(C(=O)NCCCN(C)C)cn2)c(Cl)c1. The molecule has 0 unspecified atom stereocenters. The average Bonchev–Trinajstić information content (AvgIpc) is 2.55. The number of benzene rings is 1. The van der Waals surface area contributed by atoms with Crippen molar-refractivity contribution in [3.63, 3.8) is 0 Å². The number of nitrogens with one attached hydrogen (secondary N) is 2. The molecular weight excluding hydrogens is 338 g/mol. The van der Waals surface area contributed by atoms with Crippen molar-refractivity contribution < 1.29 is 4.79 Å². The lowest BCUT2D eigenvalue weighted by molar-refractivity contribution is 0.0947. The van der Waals surface area contributed by atoms with E-state index in [9.17, 15) is 4.79 Å². The fourth-order valence-corrected chi connectivity index (χ4v) is 2.77. The van der Waals surface area contributed by atoms with E-state index >= 15 is 0 Å². The monoisotopic (exact) mass is 361 g/mol. The second kappa shape index (κ2) is 8.78. The summed E-state index contributed by atoms with van der Waals surface area (Å²) in [7, 11) is 4.00. The molecule has 7 heteroatoms. The maximum absolute atomic E-state index is 12.0.